The molecule has 210 valence electrons. The van der Waals surface area contributed by atoms with Crippen molar-refractivity contribution in [3.63, 3.8) is 0 Å². The maximum atomic E-state index is 14.1. The summed E-state index contributed by atoms with van der Waals surface area (Å²) in [5, 5.41) is 3.25. The monoisotopic (exact) mass is 601 g/mol. The van der Waals surface area contributed by atoms with Gasteiger partial charge < -0.3 is 29.6 Å². The van der Waals surface area contributed by atoms with Crippen LogP contribution in [-0.2, 0) is 10.4 Å². The largest absolute Gasteiger partial charge is 0.496 e. The molecule has 0 saturated carbocycles. The molecule has 0 aliphatic carbocycles. The quantitative estimate of drug-likeness (QED) is 0.250. The predicted octanol–water partition coefficient (Wildman–Crippen LogP) is 4.30. The van der Waals surface area contributed by atoms with Gasteiger partial charge >= 0.3 is 10.4 Å². The second-order valence-electron chi connectivity index (χ2n) is 8.74. The lowest BCUT2D eigenvalue weighted by atomic mass is 10.1. The first-order chi connectivity index (χ1) is 18.4. The summed E-state index contributed by atoms with van der Waals surface area (Å²) in [6.07, 6.45) is 0.558. The van der Waals surface area contributed by atoms with Gasteiger partial charge in [0.1, 0.15) is 23.5 Å². The molecular formula is C24H26Cl2FN5O6S. The van der Waals surface area contributed by atoms with Crippen LogP contribution in [-0.4, -0.2) is 55.7 Å². The Bertz CT molecular complexity index is 1500. The molecule has 39 heavy (non-hydrogen) atoms. The summed E-state index contributed by atoms with van der Waals surface area (Å²) in [5.41, 5.74) is 6.51. The zero-order chi connectivity index (χ0) is 28.5. The zero-order valence-corrected chi connectivity index (χ0v) is 23.4. The number of halogens is 3. The number of piperazine rings is 1. The first-order valence-electron chi connectivity index (χ1n) is 11.7. The van der Waals surface area contributed by atoms with Crippen molar-refractivity contribution in [2.24, 2.45) is 0 Å². The van der Waals surface area contributed by atoms with E-state index in [9.17, 15) is 17.4 Å². The Balaban J connectivity index is 1.80. The van der Waals surface area contributed by atoms with Crippen molar-refractivity contribution >= 4 is 45.2 Å². The van der Waals surface area contributed by atoms with Crippen molar-refractivity contribution in [2.45, 2.75) is 26.0 Å². The van der Waals surface area contributed by atoms with Gasteiger partial charge in [-0.05, 0) is 32.0 Å². The Morgan fingerprint density at radius 2 is 2.00 bits per heavy atom. The fourth-order valence-electron chi connectivity index (χ4n) is 4.24. The lowest BCUT2D eigenvalue weighted by molar-refractivity contribution is 0.227. The van der Waals surface area contributed by atoms with Crippen molar-refractivity contribution < 1.29 is 31.0 Å². The highest BCUT2D eigenvalue weighted by molar-refractivity contribution is 7.81. The number of methoxy groups -OCH3 is 1. The third-order valence-electron chi connectivity index (χ3n) is 6.11. The van der Waals surface area contributed by atoms with Crippen LogP contribution in [0.3, 0.4) is 0 Å². The number of nitrogens with one attached hydrogen (secondary N) is 1. The van der Waals surface area contributed by atoms with Gasteiger partial charge in [-0.1, -0.05) is 23.2 Å². The minimum atomic E-state index is -4.98. The van der Waals surface area contributed by atoms with Crippen LogP contribution in [0.1, 0.15) is 25.5 Å². The molecule has 1 aliphatic rings. The Morgan fingerprint density at radius 1 is 1.26 bits per heavy atom. The predicted molar refractivity (Wildman–Crippen MR) is 146 cm³/mol. The zero-order valence-electron chi connectivity index (χ0n) is 21.1. The van der Waals surface area contributed by atoms with Gasteiger partial charge in [-0.2, -0.15) is 13.4 Å². The summed E-state index contributed by atoms with van der Waals surface area (Å²) < 4.78 is 62.9. The molecule has 2 atom stereocenters. The molecule has 0 unspecified atom stereocenters. The Morgan fingerprint density at radius 3 is 2.67 bits per heavy atom. The van der Waals surface area contributed by atoms with Crippen molar-refractivity contribution in [3.8, 4) is 28.5 Å². The number of hydrogen-bond donors (Lipinski definition) is 3. The molecule has 0 amide bonds. The van der Waals surface area contributed by atoms with Crippen LogP contribution in [0, 0.1) is 5.82 Å². The molecule has 15 heteroatoms. The first kappa shape index (κ1) is 28.9. The SMILES string of the molecule is COc1cc(N2CCNC[C@@H]2C)ncc1-c1cc(O[C@H](C)c2c(Cl)ccc(F)c2Cl)c(N)nc1OS(=O)(=O)O. The van der Waals surface area contributed by atoms with E-state index in [-0.39, 0.29) is 44.3 Å². The van der Waals surface area contributed by atoms with E-state index >= 15 is 0 Å². The Kier molecular flexibility index (Phi) is 8.57. The molecule has 0 bridgehead atoms. The van der Waals surface area contributed by atoms with E-state index in [0.29, 0.717) is 11.6 Å². The third-order valence-corrected chi connectivity index (χ3v) is 7.19. The molecule has 1 fully saturated rings. The highest BCUT2D eigenvalue weighted by atomic mass is 35.5. The highest BCUT2D eigenvalue weighted by Crippen LogP contribution is 2.43. The maximum absolute atomic E-state index is 14.1. The van der Waals surface area contributed by atoms with Gasteiger partial charge in [0.2, 0.25) is 5.88 Å². The number of hydrogen-bond acceptors (Lipinski definition) is 10. The summed E-state index contributed by atoms with van der Waals surface area (Å²) in [6, 6.07) is 5.67. The van der Waals surface area contributed by atoms with Gasteiger partial charge in [0.25, 0.3) is 0 Å². The molecule has 2 aromatic heterocycles. The van der Waals surface area contributed by atoms with Crippen molar-refractivity contribution in [2.75, 3.05) is 37.4 Å². The lowest BCUT2D eigenvalue weighted by Gasteiger charge is -2.35. The smallest absolute Gasteiger partial charge is 0.448 e. The van der Waals surface area contributed by atoms with Crippen LogP contribution in [0.4, 0.5) is 16.0 Å². The number of anilines is 2. The van der Waals surface area contributed by atoms with Crippen LogP contribution in [0.2, 0.25) is 10.0 Å². The average Bonchev–Trinajstić information content (AvgIpc) is 2.87. The van der Waals surface area contributed by atoms with E-state index in [1.807, 2.05) is 0 Å². The molecular weight excluding hydrogens is 576 g/mol. The van der Waals surface area contributed by atoms with Gasteiger partial charge in [0, 0.05) is 54.1 Å². The third kappa shape index (κ3) is 6.39. The van der Waals surface area contributed by atoms with Crippen LogP contribution in [0.25, 0.3) is 11.1 Å². The highest BCUT2D eigenvalue weighted by Gasteiger charge is 2.26. The summed E-state index contributed by atoms with van der Waals surface area (Å²) in [7, 11) is -3.55. The molecule has 4 N–H and O–H groups in total. The van der Waals surface area contributed by atoms with Crippen molar-refractivity contribution in [3.05, 3.63) is 51.9 Å². The van der Waals surface area contributed by atoms with E-state index in [1.54, 1.807) is 13.0 Å². The maximum Gasteiger partial charge on any atom is 0.448 e. The second-order valence-corrected chi connectivity index (χ2v) is 10.5. The summed E-state index contributed by atoms with van der Waals surface area (Å²) >= 11 is 12.4. The number of nitrogens with two attached hydrogens (primary N) is 1. The number of nitrogens with zero attached hydrogens (tertiary/aromatic N) is 3. The van der Waals surface area contributed by atoms with Crippen LogP contribution >= 0.6 is 23.2 Å². The topological polar surface area (TPSA) is 149 Å². The molecule has 3 aromatic rings. The molecule has 4 rings (SSSR count). The lowest BCUT2D eigenvalue weighted by Crippen LogP contribution is -2.50. The van der Waals surface area contributed by atoms with Crippen LogP contribution in [0.5, 0.6) is 17.4 Å². The van der Waals surface area contributed by atoms with Crippen LogP contribution in [0.15, 0.2) is 30.5 Å². The second kappa shape index (κ2) is 11.6. The number of rotatable bonds is 8. The van der Waals surface area contributed by atoms with E-state index in [2.05, 4.69) is 27.1 Å². The summed E-state index contributed by atoms with van der Waals surface area (Å²) in [5.74, 6) is -0.590. The standard InChI is InChI=1S/C24H26Cl2FN5O6S/c1-12-10-29-6-7-32(12)20-9-18(36-3)15(11-30-20)14-8-19(23(28)31-24(14)38-39(33,34)35)37-13(2)21-16(25)4-5-17(27)22(21)26/h4-5,8-9,11-13,29H,6-7,10H2,1-3H3,(H2,28,31)(H,33,34,35)/t12-,13+/m0/s1. The molecule has 0 spiro atoms. The Labute approximate surface area is 234 Å². The average molecular weight is 602 g/mol. The Hall–Kier alpha value is -3.10. The van der Waals surface area contributed by atoms with Gasteiger partial charge in [0.05, 0.1) is 17.7 Å². The number of pyridine rings is 2. The van der Waals surface area contributed by atoms with Gasteiger partial charge in [-0.3, -0.25) is 4.55 Å². The van der Waals surface area contributed by atoms with Gasteiger partial charge in [-0.15, -0.1) is 0 Å². The first-order valence-corrected chi connectivity index (χ1v) is 13.8. The van der Waals surface area contributed by atoms with Gasteiger partial charge in [0.15, 0.2) is 11.6 Å². The van der Waals surface area contributed by atoms with E-state index in [1.165, 1.54) is 25.4 Å². The van der Waals surface area contributed by atoms with E-state index in [0.717, 1.165) is 25.7 Å². The minimum absolute atomic E-state index is 0.0292. The number of nitrogen functional groups attached to an aromatic ring is 1. The molecule has 1 aliphatic heterocycles. The number of ether oxygens (including phenoxy) is 2. The number of aromatic nitrogens is 2. The molecule has 11 nitrogen and oxygen atoms in total. The fraction of sp³-hybridized carbons (Fsp3) is 0.333. The van der Waals surface area contributed by atoms with Crippen LogP contribution < -0.4 is 29.6 Å². The molecule has 3 heterocycles. The van der Waals surface area contributed by atoms with Gasteiger partial charge in [-0.25, -0.2) is 9.37 Å². The van der Waals surface area contributed by atoms with E-state index < -0.39 is 28.2 Å². The minimum Gasteiger partial charge on any atom is -0.496 e. The van der Waals surface area contributed by atoms with Crippen molar-refractivity contribution in [1.29, 1.82) is 0 Å². The van der Waals surface area contributed by atoms with E-state index in [4.69, 9.17) is 42.6 Å². The molecule has 1 aromatic carbocycles. The fourth-order valence-corrected chi connectivity index (χ4v) is 5.25. The summed E-state index contributed by atoms with van der Waals surface area (Å²) in [4.78, 5) is 10.6. The van der Waals surface area contributed by atoms with Crippen molar-refractivity contribution in [1.82, 2.24) is 15.3 Å². The summed E-state index contributed by atoms with van der Waals surface area (Å²) in [6.45, 7) is 5.90. The normalized spacial score (nSPS) is 16.6. The molecule has 0 radical (unpaired) electrons. The number of benzene rings is 1. The molecule has 1 saturated heterocycles.